The third-order valence-electron chi connectivity index (χ3n) is 3.44. The van der Waals surface area contributed by atoms with Crippen molar-refractivity contribution in [2.75, 3.05) is 26.4 Å². The summed E-state index contributed by atoms with van der Waals surface area (Å²) in [6, 6.07) is 11.1. The summed E-state index contributed by atoms with van der Waals surface area (Å²) < 4.78 is 11.3. The minimum atomic E-state index is 0.594. The van der Waals surface area contributed by atoms with E-state index in [1.54, 1.807) is 11.3 Å². The Kier molecular flexibility index (Phi) is 5.27. The summed E-state index contributed by atoms with van der Waals surface area (Å²) in [4.78, 5) is 0. The van der Waals surface area contributed by atoms with Gasteiger partial charge in [0.1, 0.15) is 12.4 Å². The predicted octanol–water partition coefficient (Wildman–Crippen LogP) is 3.56. The summed E-state index contributed by atoms with van der Waals surface area (Å²) >= 11 is 1.71. The van der Waals surface area contributed by atoms with Gasteiger partial charge < -0.3 is 14.8 Å². The average Bonchev–Trinajstić information content (AvgIpc) is 3.17. The molecule has 0 spiro atoms. The van der Waals surface area contributed by atoms with E-state index in [0.717, 1.165) is 24.9 Å². The molecule has 1 saturated carbocycles. The smallest absolute Gasteiger partial charge is 0.120 e. The van der Waals surface area contributed by atoms with E-state index in [-0.39, 0.29) is 0 Å². The first kappa shape index (κ1) is 14.6. The second-order valence-corrected chi connectivity index (χ2v) is 6.01. The third kappa shape index (κ3) is 4.84. The summed E-state index contributed by atoms with van der Waals surface area (Å²) in [6.45, 7) is 2.93. The number of hydrogen-bond acceptors (Lipinski definition) is 4. The molecule has 1 aliphatic carbocycles. The maximum absolute atomic E-state index is 5.74. The molecule has 1 fully saturated rings. The van der Waals surface area contributed by atoms with Gasteiger partial charge in [-0.25, -0.2) is 0 Å². The zero-order valence-electron chi connectivity index (χ0n) is 12.1. The molecular formula is C17H21NO2S. The molecule has 1 aromatic carbocycles. The highest BCUT2D eigenvalue weighted by molar-refractivity contribution is 7.08. The van der Waals surface area contributed by atoms with Crippen molar-refractivity contribution < 1.29 is 9.47 Å². The van der Waals surface area contributed by atoms with Gasteiger partial charge in [-0.05, 0) is 52.9 Å². The van der Waals surface area contributed by atoms with Gasteiger partial charge in [0.05, 0.1) is 13.2 Å². The molecule has 112 valence electrons. The Morgan fingerprint density at radius 2 is 2.05 bits per heavy atom. The topological polar surface area (TPSA) is 30.5 Å². The molecule has 2 aromatic rings. The van der Waals surface area contributed by atoms with Crippen molar-refractivity contribution in [1.29, 1.82) is 0 Å². The molecule has 0 saturated heterocycles. The molecule has 21 heavy (non-hydrogen) atoms. The minimum Gasteiger partial charge on any atom is -0.491 e. The zero-order chi connectivity index (χ0) is 14.3. The summed E-state index contributed by atoms with van der Waals surface area (Å²) in [7, 11) is 0. The lowest BCUT2D eigenvalue weighted by molar-refractivity contribution is 0.102. The van der Waals surface area contributed by atoms with Crippen LogP contribution in [-0.2, 0) is 4.74 Å². The zero-order valence-corrected chi connectivity index (χ0v) is 12.9. The van der Waals surface area contributed by atoms with Gasteiger partial charge in [0, 0.05) is 12.6 Å². The molecule has 0 radical (unpaired) electrons. The molecule has 0 aliphatic heterocycles. The van der Waals surface area contributed by atoms with E-state index in [4.69, 9.17) is 9.47 Å². The molecule has 0 atom stereocenters. The maximum Gasteiger partial charge on any atom is 0.120 e. The predicted molar refractivity (Wildman–Crippen MR) is 87.1 cm³/mol. The summed E-state index contributed by atoms with van der Waals surface area (Å²) in [5.41, 5.74) is 2.44. The molecule has 1 heterocycles. The lowest BCUT2D eigenvalue weighted by atomic mass is 10.1. The molecule has 0 amide bonds. The van der Waals surface area contributed by atoms with Crippen LogP contribution in [-0.4, -0.2) is 32.4 Å². The van der Waals surface area contributed by atoms with Crippen LogP contribution in [0.15, 0.2) is 41.1 Å². The Hall–Kier alpha value is -1.36. The van der Waals surface area contributed by atoms with Crippen LogP contribution in [0.1, 0.15) is 12.8 Å². The third-order valence-corrected chi connectivity index (χ3v) is 4.12. The molecule has 4 heteroatoms. The van der Waals surface area contributed by atoms with Crippen LogP contribution in [0.3, 0.4) is 0 Å². The van der Waals surface area contributed by atoms with E-state index in [1.807, 2.05) is 12.1 Å². The molecular weight excluding hydrogens is 282 g/mol. The van der Waals surface area contributed by atoms with E-state index in [0.29, 0.717) is 13.2 Å². The summed E-state index contributed by atoms with van der Waals surface area (Å²) in [5.74, 6) is 0.901. The van der Waals surface area contributed by atoms with Crippen molar-refractivity contribution >= 4 is 11.3 Å². The molecule has 1 aromatic heterocycles. The second kappa shape index (κ2) is 7.59. The fourth-order valence-electron chi connectivity index (χ4n) is 2.14. The first-order valence-electron chi connectivity index (χ1n) is 7.48. The van der Waals surface area contributed by atoms with Gasteiger partial charge in [0.2, 0.25) is 0 Å². The SMILES string of the molecule is c1cc(OCCOCCNC2CC2)cc(-c2ccsc2)c1. The fourth-order valence-corrected chi connectivity index (χ4v) is 2.80. The van der Waals surface area contributed by atoms with Gasteiger partial charge in [-0.15, -0.1) is 0 Å². The van der Waals surface area contributed by atoms with Gasteiger partial charge in [-0.2, -0.15) is 11.3 Å². The highest BCUT2D eigenvalue weighted by Gasteiger charge is 2.19. The van der Waals surface area contributed by atoms with Crippen molar-refractivity contribution in [3.63, 3.8) is 0 Å². The first-order chi connectivity index (χ1) is 10.4. The van der Waals surface area contributed by atoms with Gasteiger partial charge in [0.25, 0.3) is 0 Å². The van der Waals surface area contributed by atoms with Crippen LogP contribution in [0.5, 0.6) is 5.75 Å². The number of nitrogens with one attached hydrogen (secondary N) is 1. The number of thiophene rings is 1. The van der Waals surface area contributed by atoms with Crippen molar-refractivity contribution in [2.24, 2.45) is 0 Å². The van der Waals surface area contributed by atoms with Crippen LogP contribution in [0.25, 0.3) is 11.1 Å². The largest absolute Gasteiger partial charge is 0.491 e. The van der Waals surface area contributed by atoms with Crippen LogP contribution in [0, 0.1) is 0 Å². The highest BCUT2D eigenvalue weighted by atomic mass is 32.1. The normalized spacial score (nSPS) is 14.3. The number of benzene rings is 1. The summed E-state index contributed by atoms with van der Waals surface area (Å²) in [5, 5.41) is 7.66. The monoisotopic (exact) mass is 303 g/mol. The van der Waals surface area contributed by atoms with E-state index < -0.39 is 0 Å². The van der Waals surface area contributed by atoms with Crippen LogP contribution >= 0.6 is 11.3 Å². The van der Waals surface area contributed by atoms with Gasteiger partial charge in [0.15, 0.2) is 0 Å². The minimum absolute atomic E-state index is 0.594. The number of hydrogen-bond donors (Lipinski definition) is 1. The fraction of sp³-hybridized carbons (Fsp3) is 0.412. The Bertz CT molecular complexity index is 537. The van der Waals surface area contributed by atoms with Gasteiger partial charge in [-0.3, -0.25) is 0 Å². The molecule has 1 N–H and O–H groups in total. The number of rotatable bonds is 9. The lowest BCUT2D eigenvalue weighted by Gasteiger charge is -2.08. The van der Waals surface area contributed by atoms with Gasteiger partial charge >= 0.3 is 0 Å². The quantitative estimate of drug-likeness (QED) is 0.719. The second-order valence-electron chi connectivity index (χ2n) is 5.23. The van der Waals surface area contributed by atoms with E-state index in [9.17, 15) is 0 Å². The van der Waals surface area contributed by atoms with Gasteiger partial charge in [-0.1, -0.05) is 12.1 Å². The van der Waals surface area contributed by atoms with Crippen molar-refractivity contribution in [2.45, 2.75) is 18.9 Å². The van der Waals surface area contributed by atoms with Crippen LogP contribution < -0.4 is 10.1 Å². The van der Waals surface area contributed by atoms with Crippen LogP contribution in [0.2, 0.25) is 0 Å². The van der Waals surface area contributed by atoms with Crippen LogP contribution in [0.4, 0.5) is 0 Å². The Morgan fingerprint density at radius 3 is 2.86 bits per heavy atom. The molecule has 3 nitrogen and oxygen atoms in total. The number of ether oxygens (including phenoxy) is 2. The summed E-state index contributed by atoms with van der Waals surface area (Å²) in [6.07, 6.45) is 2.65. The molecule has 3 rings (SSSR count). The Balaban J connectivity index is 1.35. The van der Waals surface area contributed by atoms with Crippen molar-refractivity contribution in [3.8, 4) is 16.9 Å². The first-order valence-corrected chi connectivity index (χ1v) is 8.43. The Morgan fingerprint density at radius 1 is 1.10 bits per heavy atom. The van der Waals surface area contributed by atoms with Crippen molar-refractivity contribution in [1.82, 2.24) is 5.32 Å². The van der Waals surface area contributed by atoms with E-state index in [2.05, 4.69) is 34.3 Å². The average molecular weight is 303 g/mol. The Labute approximate surface area is 129 Å². The standard InChI is InChI=1S/C17H21NO2S/c1-2-14(15-6-11-21-13-15)12-17(3-1)20-10-9-19-8-7-18-16-4-5-16/h1-3,6,11-13,16,18H,4-5,7-10H2. The highest BCUT2D eigenvalue weighted by Crippen LogP contribution is 2.25. The molecule has 1 aliphatic rings. The maximum atomic E-state index is 5.74. The van der Waals surface area contributed by atoms with Crippen molar-refractivity contribution in [3.05, 3.63) is 41.1 Å². The van der Waals surface area contributed by atoms with E-state index in [1.165, 1.54) is 24.0 Å². The van der Waals surface area contributed by atoms with E-state index >= 15 is 0 Å². The molecule has 0 unspecified atom stereocenters. The lowest BCUT2D eigenvalue weighted by Crippen LogP contribution is -2.22. The molecule has 0 bridgehead atoms.